The van der Waals surface area contributed by atoms with E-state index in [1.165, 1.54) is 0 Å². The van der Waals surface area contributed by atoms with Crippen molar-refractivity contribution in [2.75, 3.05) is 6.26 Å². The average molecular weight is 480 g/mol. The van der Waals surface area contributed by atoms with Crippen LogP contribution in [0.3, 0.4) is 0 Å². The Bertz CT molecular complexity index is 896. The lowest BCUT2D eigenvalue weighted by Crippen LogP contribution is -2.55. The first-order valence-electron chi connectivity index (χ1n) is 11.6. The molecule has 2 amide bonds. The van der Waals surface area contributed by atoms with Gasteiger partial charge in [-0.1, -0.05) is 75.6 Å². The summed E-state index contributed by atoms with van der Waals surface area (Å²) < 4.78 is 26.0. The highest BCUT2D eigenvalue weighted by molar-refractivity contribution is 7.88. The van der Waals surface area contributed by atoms with E-state index < -0.39 is 33.7 Å². The van der Waals surface area contributed by atoms with Crippen molar-refractivity contribution in [3.05, 3.63) is 42.0 Å². The highest BCUT2D eigenvalue weighted by atomic mass is 32.2. The summed E-state index contributed by atoms with van der Waals surface area (Å²) in [5.41, 5.74) is 5.26. The fourth-order valence-electron chi connectivity index (χ4n) is 4.37. The Kier molecular flexibility index (Phi) is 10.5. The van der Waals surface area contributed by atoms with Crippen LogP contribution in [-0.4, -0.2) is 42.2 Å². The van der Waals surface area contributed by atoms with Crippen LogP contribution in [0, 0.1) is 17.8 Å². The van der Waals surface area contributed by atoms with Crippen LogP contribution in [0.2, 0.25) is 0 Å². The van der Waals surface area contributed by atoms with Crippen molar-refractivity contribution in [1.82, 2.24) is 15.3 Å². The first kappa shape index (κ1) is 27.0. The molecule has 1 fully saturated rings. The molecule has 0 spiro atoms. The number of nitrogens with one attached hydrogen (secondary N) is 2. The Morgan fingerprint density at radius 3 is 2.27 bits per heavy atom. The quantitative estimate of drug-likeness (QED) is 0.332. The van der Waals surface area contributed by atoms with Crippen molar-refractivity contribution >= 4 is 27.9 Å². The molecule has 0 saturated heterocycles. The average Bonchev–Trinajstić information content (AvgIpc) is 2.78. The summed E-state index contributed by atoms with van der Waals surface area (Å²) in [6.07, 6.45) is 9.54. The second-order valence-electron chi connectivity index (χ2n) is 9.19. The van der Waals surface area contributed by atoms with Gasteiger partial charge in [0.1, 0.15) is 0 Å². The van der Waals surface area contributed by atoms with E-state index in [1.807, 2.05) is 50.3 Å². The molecule has 2 rings (SSSR count). The number of nitrogens with zero attached hydrogens (tertiary/aromatic N) is 1. The summed E-state index contributed by atoms with van der Waals surface area (Å²) in [5.74, 6) is -2.79. The van der Waals surface area contributed by atoms with Gasteiger partial charge in [-0.3, -0.25) is 20.2 Å². The SMILES string of the molecule is CC(C)C[C@H](C(=O)NN(C1CCCCC1)S(C)(=O)=O)[C@H](CC=Cc1ccccc1)C(=O)NO. The van der Waals surface area contributed by atoms with Crippen molar-refractivity contribution < 1.29 is 23.2 Å². The minimum absolute atomic E-state index is 0.0780. The Morgan fingerprint density at radius 2 is 1.73 bits per heavy atom. The Balaban J connectivity index is 2.26. The maximum Gasteiger partial charge on any atom is 0.247 e. The molecule has 0 unspecified atom stereocenters. The van der Waals surface area contributed by atoms with Gasteiger partial charge in [0.05, 0.1) is 18.1 Å². The number of amides is 2. The number of hydrogen-bond donors (Lipinski definition) is 3. The Hall–Kier alpha value is -2.23. The Morgan fingerprint density at radius 1 is 1.09 bits per heavy atom. The molecule has 33 heavy (non-hydrogen) atoms. The number of carbonyl (C=O) groups excluding carboxylic acids is 2. The van der Waals surface area contributed by atoms with E-state index in [1.54, 1.807) is 11.6 Å². The lowest BCUT2D eigenvalue weighted by molar-refractivity contribution is -0.142. The van der Waals surface area contributed by atoms with Gasteiger partial charge in [0.2, 0.25) is 21.8 Å². The Labute approximate surface area is 197 Å². The number of hydroxylamine groups is 1. The van der Waals surface area contributed by atoms with Gasteiger partial charge in [-0.15, -0.1) is 4.41 Å². The second-order valence-corrected chi connectivity index (χ2v) is 11.1. The molecule has 9 heteroatoms. The van der Waals surface area contributed by atoms with Gasteiger partial charge < -0.3 is 0 Å². The topological polar surface area (TPSA) is 116 Å². The normalized spacial score (nSPS) is 17.3. The molecule has 1 aromatic rings. The van der Waals surface area contributed by atoms with Gasteiger partial charge >= 0.3 is 0 Å². The lowest BCUT2D eigenvalue weighted by Gasteiger charge is -2.34. The third kappa shape index (κ3) is 8.57. The number of carbonyl (C=O) groups is 2. The smallest absolute Gasteiger partial charge is 0.247 e. The number of benzene rings is 1. The van der Waals surface area contributed by atoms with Crippen LogP contribution in [0.4, 0.5) is 0 Å². The second kappa shape index (κ2) is 12.9. The van der Waals surface area contributed by atoms with Gasteiger partial charge in [0.25, 0.3) is 0 Å². The highest BCUT2D eigenvalue weighted by Crippen LogP contribution is 2.27. The van der Waals surface area contributed by atoms with Crippen molar-refractivity contribution in [3.63, 3.8) is 0 Å². The molecule has 0 bridgehead atoms. The number of allylic oxidation sites excluding steroid dienone is 1. The van der Waals surface area contributed by atoms with Gasteiger partial charge in [-0.25, -0.2) is 13.9 Å². The maximum atomic E-state index is 13.4. The molecular formula is C24H37N3O5S. The first-order valence-corrected chi connectivity index (χ1v) is 13.4. The molecule has 8 nitrogen and oxygen atoms in total. The van der Waals surface area contributed by atoms with Crippen LogP contribution in [0.15, 0.2) is 36.4 Å². The molecule has 1 aromatic carbocycles. The van der Waals surface area contributed by atoms with E-state index in [2.05, 4.69) is 5.43 Å². The summed E-state index contributed by atoms with van der Waals surface area (Å²) in [4.78, 5) is 25.9. The van der Waals surface area contributed by atoms with Gasteiger partial charge in [-0.2, -0.15) is 0 Å². The number of hydrogen-bond acceptors (Lipinski definition) is 5. The predicted molar refractivity (Wildman–Crippen MR) is 128 cm³/mol. The summed E-state index contributed by atoms with van der Waals surface area (Å²) in [6, 6.07) is 9.26. The molecule has 1 aliphatic carbocycles. The van der Waals surface area contributed by atoms with Crippen LogP contribution in [0.1, 0.15) is 64.4 Å². The molecule has 0 heterocycles. The van der Waals surface area contributed by atoms with Crippen molar-refractivity contribution in [2.45, 2.75) is 64.8 Å². The fourth-order valence-corrected chi connectivity index (χ4v) is 5.37. The number of hydrazine groups is 1. The molecule has 1 saturated carbocycles. The standard InChI is InChI=1S/C24H37N3O5S/c1-18(2)17-22(21(24(29)26-30)16-10-13-19-11-6-4-7-12-19)23(28)25-27(33(3,31)32)20-14-8-5-9-15-20/h4,6-7,10-13,18,20-22,30H,5,8-9,14-17H2,1-3H3,(H,25,28)(H,26,29)/t21-,22-/m0/s1. The largest absolute Gasteiger partial charge is 0.289 e. The third-order valence-electron chi connectivity index (χ3n) is 5.98. The zero-order chi connectivity index (χ0) is 24.4. The van der Waals surface area contributed by atoms with Crippen LogP contribution >= 0.6 is 0 Å². The predicted octanol–water partition coefficient (Wildman–Crippen LogP) is 3.50. The zero-order valence-corrected chi connectivity index (χ0v) is 20.6. The lowest BCUT2D eigenvalue weighted by atomic mass is 9.82. The highest BCUT2D eigenvalue weighted by Gasteiger charge is 2.37. The van der Waals surface area contributed by atoms with Gasteiger partial charge in [-0.05, 0) is 37.2 Å². The molecule has 3 N–H and O–H groups in total. The zero-order valence-electron chi connectivity index (χ0n) is 19.7. The van der Waals surface area contributed by atoms with Crippen molar-refractivity contribution in [2.24, 2.45) is 17.8 Å². The first-order chi connectivity index (χ1) is 15.6. The molecule has 1 aliphatic rings. The number of sulfonamides is 1. The molecular weight excluding hydrogens is 442 g/mol. The molecule has 184 valence electrons. The molecule has 0 aromatic heterocycles. The summed E-state index contributed by atoms with van der Waals surface area (Å²) in [6.45, 7) is 3.87. The summed E-state index contributed by atoms with van der Waals surface area (Å²) in [5, 5.41) is 9.34. The maximum absolute atomic E-state index is 13.4. The number of rotatable bonds is 11. The van der Waals surface area contributed by atoms with Crippen LogP contribution in [0.5, 0.6) is 0 Å². The summed E-state index contributed by atoms with van der Waals surface area (Å²) in [7, 11) is -3.69. The molecule has 0 aliphatic heterocycles. The van der Waals surface area contributed by atoms with E-state index in [0.29, 0.717) is 19.3 Å². The van der Waals surface area contributed by atoms with E-state index in [9.17, 15) is 23.2 Å². The monoisotopic (exact) mass is 479 g/mol. The van der Waals surface area contributed by atoms with Gasteiger partial charge in [0, 0.05) is 6.04 Å². The van der Waals surface area contributed by atoms with E-state index in [4.69, 9.17) is 0 Å². The van der Waals surface area contributed by atoms with Crippen LogP contribution < -0.4 is 10.9 Å². The van der Waals surface area contributed by atoms with Crippen LogP contribution in [-0.2, 0) is 19.6 Å². The van der Waals surface area contributed by atoms with E-state index in [0.717, 1.165) is 35.5 Å². The van der Waals surface area contributed by atoms with E-state index in [-0.39, 0.29) is 18.4 Å². The molecule has 2 atom stereocenters. The summed E-state index contributed by atoms with van der Waals surface area (Å²) >= 11 is 0. The third-order valence-corrected chi connectivity index (χ3v) is 7.08. The van der Waals surface area contributed by atoms with Crippen LogP contribution in [0.25, 0.3) is 6.08 Å². The van der Waals surface area contributed by atoms with Crippen molar-refractivity contribution in [1.29, 1.82) is 0 Å². The van der Waals surface area contributed by atoms with Gasteiger partial charge in [0.15, 0.2) is 0 Å². The van der Waals surface area contributed by atoms with E-state index >= 15 is 0 Å². The minimum Gasteiger partial charge on any atom is -0.289 e. The fraction of sp³-hybridized carbons (Fsp3) is 0.583. The van der Waals surface area contributed by atoms with Crippen molar-refractivity contribution in [3.8, 4) is 0 Å². The molecule has 0 radical (unpaired) electrons. The minimum atomic E-state index is -3.69.